The fraction of sp³-hybridized carbons (Fsp3) is 0.727. The van der Waals surface area contributed by atoms with Crippen LogP contribution in [0.1, 0.15) is 18.7 Å². The number of ether oxygens (including phenoxy) is 1. The number of hydrogen-bond acceptors (Lipinski definition) is 3. The quantitative estimate of drug-likeness (QED) is 0.780. The van der Waals surface area contributed by atoms with E-state index in [0.717, 1.165) is 5.82 Å². The van der Waals surface area contributed by atoms with Gasteiger partial charge in [0.1, 0.15) is 5.82 Å². The number of aliphatic hydroxyl groups excluding tert-OH is 1. The van der Waals surface area contributed by atoms with E-state index in [9.17, 15) is 5.11 Å². The molecule has 0 aliphatic heterocycles. The van der Waals surface area contributed by atoms with Crippen LogP contribution in [0.3, 0.4) is 0 Å². The summed E-state index contributed by atoms with van der Waals surface area (Å²) in [4.78, 5) is 4.20. The van der Waals surface area contributed by atoms with E-state index in [1.54, 1.807) is 13.3 Å². The van der Waals surface area contributed by atoms with Gasteiger partial charge in [-0.2, -0.15) is 0 Å². The monoisotopic (exact) mass is 210 g/mol. The van der Waals surface area contributed by atoms with Crippen molar-refractivity contribution in [1.29, 1.82) is 0 Å². The van der Waals surface area contributed by atoms with E-state index < -0.39 is 6.10 Å². The largest absolute Gasteiger partial charge is 0.390 e. The van der Waals surface area contributed by atoms with Gasteiger partial charge in [-0.1, -0.05) is 0 Å². The molecule has 2 rings (SSSR count). The minimum absolute atomic E-state index is 0.0262. The number of aliphatic hydroxyl groups is 1. The van der Waals surface area contributed by atoms with Gasteiger partial charge in [0.2, 0.25) is 0 Å². The lowest BCUT2D eigenvalue weighted by molar-refractivity contribution is -0.0248. The summed E-state index contributed by atoms with van der Waals surface area (Å²) >= 11 is 0. The van der Waals surface area contributed by atoms with Gasteiger partial charge in [-0.15, -0.1) is 0 Å². The van der Waals surface area contributed by atoms with Crippen molar-refractivity contribution in [2.45, 2.75) is 31.5 Å². The van der Waals surface area contributed by atoms with Crippen molar-refractivity contribution >= 4 is 0 Å². The van der Waals surface area contributed by atoms with Crippen molar-refractivity contribution in [3.05, 3.63) is 18.2 Å². The molecule has 4 nitrogen and oxygen atoms in total. The van der Waals surface area contributed by atoms with Gasteiger partial charge in [-0.05, 0) is 18.8 Å². The molecule has 1 fully saturated rings. The molecule has 1 aromatic rings. The highest BCUT2D eigenvalue weighted by molar-refractivity contribution is 4.97. The van der Waals surface area contributed by atoms with Crippen LogP contribution in [0.2, 0.25) is 0 Å². The van der Waals surface area contributed by atoms with Gasteiger partial charge in [0.05, 0.1) is 12.2 Å². The zero-order valence-electron chi connectivity index (χ0n) is 9.26. The Bertz CT molecular complexity index is 320. The Labute approximate surface area is 89.9 Å². The molecule has 1 saturated carbocycles. The molecule has 15 heavy (non-hydrogen) atoms. The normalized spacial score (nSPS) is 20.2. The predicted octanol–water partition coefficient (Wildman–Crippen LogP) is 0.748. The van der Waals surface area contributed by atoms with E-state index in [2.05, 4.69) is 4.98 Å². The van der Waals surface area contributed by atoms with Crippen LogP contribution in [0, 0.1) is 5.92 Å². The second kappa shape index (κ2) is 4.33. The topological polar surface area (TPSA) is 47.3 Å². The van der Waals surface area contributed by atoms with Gasteiger partial charge in [0.25, 0.3) is 0 Å². The fourth-order valence-electron chi connectivity index (χ4n) is 1.98. The molecule has 4 heteroatoms. The number of imidazole rings is 1. The van der Waals surface area contributed by atoms with Crippen LogP contribution in [0.4, 0.5) is 0 Å². The first-order valence-corrected chi connectivity index (χ1v) is 5.39. The average molecular weight is 210 g/mol. The minimum Gasteiger partial charge on any atom is -0.390 e. The molecule has 0 amide bonds. The Kier molecular flexibility index (Phi) is 3.07. The first-order chi connectivity index (χ1) is 7.22. The van der Waals surface area contributed by atoms with Gasteiger partial charge in [-0.25, -0.2) is 4.98 Å². The number of rotatable bonds is 5. The van der Waals surface area contributed by atoms with Gasteiger partial charge < -0.3 is 14.4 Å². The van der Waals surface area contributed by atoms with Crippen LogP contribution < -0.4 is 0 Å². The molecule has 1 aliphatic rings. The van der Waals surface area contributed by atoms with E-state index in [1.807, 2.05) is 17.8 Å². The van der Waals surface area contributed by atoms with Crippen LogP contribution in [-0.4, -0.2) is 34.0 Å². The lowest BCUT2D eigenvalue weighted by atomic mass is 10.1. The molecule has 0 radical (unpaired) electrons. The molecule has 2 unspecified atom stereocenters. The predicted molar refractivity (Wildman–Crippen MR) is 56.4 cm³/mol. The maximum atomic E-state index is 10.0. The van der Waals surface area contributed by atoms with Crippen molar-refractivity contribution in [3.8, 4) is 0 Å². The summed E-state index contributed by atoms with van der Waals surface area (Å²) in [7, 11) is 3.61. The fourth-order valence-corrected chi connectivity index (χ4v) is 1.98. The van der Waals surface area contributed by atoms with Crippen LogP contribution in [0.15, 0.2) is 12.4 Å². The van der Waals surface area contributed by atoms with Crippen LogP contribution in [-0.2, 0) is 18.2 Å². The van der Waals surface area contributed by atoms with E-state index in [4.69, 9.17) is 4.74 Å². The van der Waals surface area contributed by atoms with Crippen molar-refractivity contribution in [3.63, 3.8) is 0 Å². The standard InChI is InChI=1S/C11H18N2O2/c1-13-6-5-12-10(13)7-9(14)11(15-2)8-3-4-8/h5-6,8-9,11,14H,3-4,7H2,1-2H3. The summed E-state index contributed by atoms with van der Waals surface area (Å²) < 4.78 is 7.27. The van der Waals surface area contributed by atoms with E-state index in [-0.39, 0.29) is 6.10 Å². The minimum atomic E-state index is -0.441. The number of aryl methyl sites for hydroxylation is 1. The maximum absolute atomic E-state index is 10.0. The number of hydrogen-bond donors (Lipinski definition) is 1. The summed E-state index contributed by atoms with van der Waals surface area (Å²) in [5, 5.41) is 10.0. The second-order valence-corrected chi connectivity index (χ2v) is 4.26. The molecular formula is C11H18N2O2. The van der Waals surface area contributed by atoms with Crippen molar-refractivity contribution in [2.24, 2.45) is 13.0 Å². The lowest BCUT2D eigenvalue weighted by Crippen LogP contribution is -2.32. The summed E-state index contributed by atoms with van der Waals surface area (Å²) in [5.41, 5.74) is 0. The molecule has 1 aliphatic carbocycles. The summed E-state index contributed by atoms with van der Waals surface area (Å²) in [6.45, 7) is 0. The Hall–Kier alpha value is -0.870. The van der Waals surface area contributed by atoms with Gasteiger partial charge in [0.15, 0.2) is 0 Å². The molecular weight excluding hydrogens is 192 g/mol. The molecule has 1 heterocycles. The SMILES string of the molecule is COC(C(O)Cc1nccn1C)C1CC1. The third kappa shape index (κ3) is 2.38. The number of aromatic nitrogens is 2. The molecule has 0 bridgehead atoms. The zero-order valence-corrected chi connectivity index (χ0v) is 9.26. The third-order valence-electron chi connectivity index (χ3n) is 3.05. The van der Waals surface area contributed by atoms with Gasteiger partial charge >= 0.3 is 0 Å². The summed E-state index contributed by atoms with van der Waals surface area (Å²) in [6.07, 6.45) is 6.09. The van der Waals surface area contributed by atoms with Crippen LogP contribution in [0.25, 0.3) is 0 Å². The van der Waals surface area contributed by atoms with Gasteiger partial charge in [-0.3, -0.25) is 0 Å². The average Bonchev–Trinajstić information content (AvgIpc) is 2.95. The van der Waals surface area contributed by atoms with E-state index in [0.29, 0.717) is 12.3 Å². The molecule has 1 N–H and O–H groups in total. The number of methoxy groups -OCH3 is 1. The lowest BCUT2D eigenvalue weighted by Gasteiger charge is -2.20. The Morgan fingerprint density at radius 1 is 1.67 bits per heavy atom. The first kappa shape index (κ1) is 10.6. The Morgan fingerprint density at radius 3 is 2.87 bits per heavy atom. The van der Waals surface area contributed by atoms with Crippen molar-refractivity contribution in [1.82, 2.24) is 9.55 Å². The van der Waals surface area contributed by atoms with Crippen LogP contribution >= 0.6 is 0 Å². The molecule has 0 aromatic carbocycles. The Balaban J connectivity index is 1.95. The van der Waals surface area contributed by atoms with Crippen molar-refractivity contribution < 1.29 is 9.84 Å². The highest BCUT2D eigenvalue weighted by atomic mass is 16.5. The van der Waals surface area contributed by atoms with Crippen molar-refractivity contribution in [2.75, 3.05) is 7.11 Å². The van der Waals surface area contributed by atoms with Crippen LogP contribution in [0.5, 0.6) is 0 Å². The molecule has 2 atom stereocenters. The molecule has 1 aromatic heterocycles. The first-order valence-electron chi connectivity index (χ1n) is 5.39. The van der Waals surface area contributed by atoms with E-state index >= 15 is 0 Å². The Morgan fingerprint density at radius 2 is 2.40 bits per heavy atom. The highest BCUT2D eigenvalue weighted by Crippen LogP contribution is 2.36. The van der Waals surface area contributed by atoms with Gasteiger partial charge in [0, 0.05) is 33.0 Å². The summed E-state index contributed by atoms with van der Waals surface area (Å²) in [5.74, 6) is 1.45. The molecule has 84 valence electrons. The summed E-state index contributed by atoms with van der Waals surface area (Å²) in [6, 6.07) is 0. The maximum Gasteiger partial charge on any atom is 0.111 e. The van der Waals surface area contributed by atoms with E-state index in [1.165, 1.54) is 12.8 Å². The number of nitrogens with zero attached hydrogens (tertiary/aromatic N) is 2. The molecule has 0 saturated heterocycles. The zero-order chi connectivity index (χ0) is 10.8. The smallest absolute Gasteiger partial charge is 0.111 e. The third-order valence-corrected chi connectivity index (χ3v) is 3.05. The highest BCUT2D eigenvalue weighted by Gasteiger charge is 2.36. The second-order valence-electron chi connectivity index (χ2n) is 4.26. The molecule has 0 spiro atoms.